The predicted molar refractivity (Wildman–Crippen MR) is 81.1 cm³/mol. The molecule has 2 N–H and O–H groups in total. The molecule has 5 nitrogen and oxygen atoms in total. The molecule has 0 bridgehead atoms. The first-order valence-corrected chi connectivity index (χ1v) is 8.07. The summed E-state index contributed by atoms with van der Waals surface area (Å²) in [6.45, 7) is 3.23. The molecule has 1 heterocycles. The van der Waals surface area contributed by atoms with E-state index in [1.54, 1.807) is 0 Å². The van der Waals surface area contributed by atoms with Crippen LogP contribution in [0.25, 0.3) is 0 Å². The molecule has 118 valence electrons. The second kappa shape index (κ2) is 7.48. The molecule has 2 unspecified atom stereocenters. The Bertz CT molecular complexity index is 420. The van der Waals surface area contributed by atoms with E-state index in [0.29, 0.717) is 25.4 Å². The minimum absolute atomic E-state index is 0.226. The molecule has 0 aromatic carbocycles. The number of carbonyl (C=O) groups is 2. The fourth-order valence-corrected chi connectivity index (χ4v) is 3.28. The van der Waals surface area contributed by atoms with Crippen molar-refractivity contribution in [2.24, 2.45) is 5.92 Å². The number of piperidine rings is 1. The van der Waals surface area contributed by atoms with E-state index >= 15 is 0 Å². The first kappa shape index (κ1) is 15.9. The van der Waals surface area contributed by atoms with E-state index in [-0.39, 0.29) is 6.03 Å². The van der Waals surface area contributed by atoms with Crippen LogP contribution in [0.3, 0.4) is 0 Å². The summed E-state index contributed by atoms with van der Waals surface area (Å²) in [6, 6.07) is -0.898. The van der Waals surface area contributed by atoms with E-state index in [9.17, 15) is 14.7 Å². The molecule has 0 radical (unpaired) electrons. The highest BCUT2D eigenvalue weighted by Crippen LogP contribution is 2.25. The molecule has 2 atom stereocenters. The number of rotatable bonds is 5. The van der Waals surface area contributed by atoms with Crippen molar-refractivity contribution in [1.82, 2.24) is 10.2 Å². The Morgan fingerprint density at radius 1 is 1.48 bits per heavy atom. The number of hydrogen-bond acceptors (Lipinski definition) is 2. The Hall–Kier alpha value is -1.52. The van der Waals surface area contributed by atoms with Gasteiger partial charge in [0.05, 0.1) is 0 Å². The monoisotopic (exact) mass is 294 g/mol. The third-order valence-corrected chi connectivity index (χ3v) is 4.69. The van der Waals surface area contributed by atoms with Crippen molar-refractivity contribution in [2.75, 3.05) is 13.1 Å². The first-order chi connectivity index (χ1) is 10.1. The van der Waals surface area contributed by atoms with Crippen LogP contribution in [0.5, 0.6) is 0 Å². The van der Waals surface area contributed by atoms with Crippen molar-refractivity contribution in [2.45, 2.75) is 57.9 Å². The third kappa shape index (κ3) is 4.22. The summed E-state index contributed by atoms with van der Waals surface area (Å²) >= 11 is 0. The van der Waals surface area contributed by atoms with Crippen LogP contribution >= 0.6 is 0 Å². The van der Waals surface area contributed by atoms with Gasteiger partial charge in [-0.2, -0.15) is 0 Å². The number of carboxylic acids is 1. The summed E-state index contributed by atoms with van der Waals surface area (Å²) in [6.07, 6.45) is 9.09. The number of likely N-dealkylation sites (tertiary alicyclic amines) is 1. The fourth-order valence-electron chi connectivity index (χ4n) is 3.28. The summed E-state index contributed by atoms with van der Waals surface area (Å²) in [7, 11) is 0. The molecule has 1 aliphatic heterocycles. The topological polar surface area (TPSA) is 69.6 Å². The van der Waals surface area contributed by atoms with Crippen LogP contribution in [0.4, 0.5) is 4.79 Å². The number of hydrogen-bond donors (Lipinski definition) is 2. The van der Waals surface area contributed by atoms with Gasteiger partial charge in [-0.1, -0.05) is 25.0 Å². The van der Waals surface area contributed by atoms with Gasteiger partial charge < -0.3 is 15.3 Å². The molecule has 5 heteroatoms. The number of urea groups is 1. The molecule has 0 spiro atoms. The van der Waals surface area contributed by atoms with Crippen LogP contribution in [-0.2, 0) is 4.79 Å². The zero-order chi connectivity index (χ0) is 15.2. The van der Waals surface area contributed by atoms with Gasteiger partial charge in [-0.3, -0.25) is 0 Å². The highest BCUT2D eigenvalue weighted by atomic mass is 16.4. The largest absolute Gasteiger partial charge is 0.480 e. The van der Waals surface area contributed by atoms with Crippen molar-refractivity contribution in [3.8, 4) is 0 Å². The molecule has 2 amide bonds. The number of carbonyl (C=O) groups excluding carboxylic acids is 1. The third-order valence-electron chi connectivity index (χ3n) is 4.69. The van der Waals surface area contributed by atoms with E-state index in [0.717, 1.165) is 32.1 Å². The number of nitrogens with zero attached hydrogens (tertiary/aromatic N) is 1. The molecular formula is C16H26N2O3. The molecule has 21 heavy (non-hydrogen) atoms. The highest BCUT2D eigenvalue weighted by Gasteiger charge is 2.35. The lowest BCUT2D eigenvalue weighted by molar-refractivity contribution is -0.144. The van der Waals surface area contributed by atoms with E-state index in [2.05, 4.69) is 18.3 Å². The predicted octanol–water partition coefficient (Wildman–Crippen LogP) is 2.77. The first-order valence-electron chi connectivity index (χ1n) is 8.07. The zero-order valence-electron chi connectivity index (χ0n) is 12.8. The average Bonchev–Trinajstić information content (AvgIpc) is 2.99. The molecule has 2 rings (SSSR count). The second-order valence-corrected chi connectivity index (χ2v) is 6.08. The molecule has 0 aromatic rings. The Labute approximate surface area is 126 Å². The van der Waals surface area contributed by atoms with E-state index < -0.39 is 12.0 Å². The number of amides is 2. The van der Waals surface area contributed by atoms with Gasteiger partial charge in [0.2, 0.25) is 0 Å². The van der Waals surface area contributed by atoms with Crippen LogP contribution in [0.1, 0.15) is 51.9 Å². The quantitative estimate of drug-likeness (QED) is 0.766. The van der Waals surface area contributed by atoms with Gasteiger partial charge in [0.15, 0.2) is 0 Å². The minimum Gasteiger partial charge on any atom is -0.480 e. The molecule has 0 aromatic heterocycles. The van der Waals surface area contributed by atoms with Gasteiger partial charge in [0, 0.05) is 13.1 Å². The number of aliphatic carboxylic acids is 1. The molecule has 2 aliphatic rings. The van der Waals surface area contributed by atoms with Gasteiger partial charge in [0.1, 0.15) is 6.04 Å². The minimum atomic E-state index is -0.887. The Kier molecular flexibility index (Phi) is 5.65. The lowest BCUT2D eigenvalue weighted by Crippen LogP contribution is -2.53. The van der Waals surface area contributed by atoms with Gasteiger partial charge in [0.25, 0.3) is 0 Å². The SMILES string of the molecule is CCC1CCN(C(=O)NCCC2=CCCC2)C(C(=O)O)C1. The smallest absolute Gasteiger partial charge is 0.326 e. The highest BCUT2D eigenvalue weighted by molar-refractivity contribution is 5.82. The molecule has 1 saturated heterocycles. The lowest BCUT2D eigenvalue weighted by Gasteiger charge is -2.36. The van der Waals surface area contributed by atoms with Crippen LogP contribution < -0.4 is 5.32 Å². The summed E-state index contributed by atoms with van der Waals surface area (Å²) in [4.78, 5) is 25.1. The Balaban J connectivity index is 1.83. The summed E-state index contributed by atoms with van der Waals surface area (Å²) in [5.74, 6) is -0.472. The van der Waals surface area contributed by atoms with E-state index in [1.165, 1.54) is 16.9 Å². The van der Waals surface area contributed by atoms with Crippen molar-refractivity contribution in [3.05, 3.63) is 11.6 Å². The lowest BCUT2D eigenvalue weighted by atomic mass is 9.89. The Morgan fingerprint density at radius 2 is 2.29 bits per heavy atom. The van der Waals surface area contributed by atoms with Gasteiger partial charge in [-0.25, -0.2) is 9.59 Å². The summed E-state index contributed by atoms with van der Waals surface area (Å²) in [5, 5.41) is 12.2. The van der Waals surface area contributed by atoms with E-state index in [1.807, 2.05) is 0 Å². The maximum atomic E-state index is 12.2. The van der Waals surface area contributed by atoms with Crippen LogP contribution in [-0.4, -0.2) is 41.1 Å². The molecule has 0 saturated carbocycles. The zero-order valence-corrected chi connectivity index (χ0v) is 12.8. The standard InChI is InChI=1S/C16H26N2O3/c1-2-12-8-10-18(14(11-12)15(19)20)16(21)17-9-7-13-5-3-4-6-13/h5,12,14H,2-4,6-11H2,1H3,(H,17,21)(H,19,20). The summed E-state index contributed by atoms with van der Waals surface area (Å²) in [5.41, 5.74) is 1.41. The van der Waals surface area contributed by atoms with Crippen molar-refractivity contribution >= 4 is 12.0 Å². The summed E-state index contributed by atoms with van der Waals surface area (Å²) < 4.78 is 0. The Morgan fingerprint density at radius 3 is 2.90 bits per heavy atom. The number of allylic oxidation sites excluding steroid dienone is 1. The van der Waals surface area contributed by atoms with Crippen LogP contribution in [0.2, 0.25) is 0 Å². The van der Waals surface area contributed by atoms with Gasteiger partial charge >= 0.3 is 12.0 Å². The number of nitrogens with one attached hydrogen (secondary N) is 1. The van der Waals surface area contributed by atoms with Crippen LogP contribution in [0, 0.1) is 5.92 Å². The average molecular weight is 294 g/mol. The molecule has 1 aliphatic carbocycles. The second-order valence-electron chi connectivity index (χ2n) is 6.08. The maximum absolute atomic E-state index is 12.2. The number of carboxylic acid groups (broad SMARTS) is 1. The van der Waals surface area contributed by atoms with Gasteiger partial charge in [-0.15, -0.1) is 0 Å². The van der Waals surface area contributed by atoms with Gasteiger partial charge in [-0.05, 0) is 44.4 Å². The van der Waals surface area contributed by atoms with Crippen molar-refractivity contribution in [1.29, 1.82) is 0 Å². The molecular weight excluding hydrogens is 268 g/mol. The van der Waals surface area contributed by atoms with Crippen molar-refractivity contribution in [3.63, 3.8) is 0 Å². The maximum Gasteiger partial charge on any atom is 0.326 e. The normalized spacial score (nSPS) is 25.6. The fraction of sp³-hybridized carbons (Fsp3) is 0.750. The van der Waals surface area contributed by atoms with Crippen molar-refractivity contribution < 1.29 is 14.7 Å². The van der Waals surface area contributed by atoms with Crippen LogP contribution in [0.15, 0.2) is 11.6 Å². The molecule has 1 fully saturated rings. The van der Waals surface area contributed by atoms with E-state index in [4.69, 9.17) is 0 Å².